The summed E-state index contributed by atoms with van der Waals surface area (Å²) >= 11 is 0. The van der Waals surface area contributed by atoms with E-state index in [0.717, 1.165) is 39.0 Å². The average Bonchev–Trinajstić information content (AvgIpc) is 2.95. The highest BCUT2D eigenvalue weighted by molar-refractivity contribution is 5.96. The van der Waals surface area contributed by atoms with Crippen LogP contribution >= 0.6 is 12.4 Å². The van der Waals surface area contributed by atoms with Gasteiger partial charge in [-0.05, 0) is 49.4 Å². The van der Waals surface area contributed by atoms with E-state index in [2.05, 4.69) is 10.6 Å². The number of rotatable bonds is 2. The molecule has 6 nitrogen and oxygen atoms in total. The van der Waals surface area contributed by atoms with Crippen LogP contribution in [0.5, 0.6) is 0 Å². The summed E-state index contributed by atoms with van der Waals surface area (Å²) in [5, 5.41) is 5.93. The number of hydrogen-bond donors (Lipinski definition) is 3. The minimum atomic E-state index is -0.627. The topological polar surface area (TPSA) is 87.5 Å². The Morgan fingerprint density at radius 1 is 1.22 bits per heavy atom. The maximum atomic E-state index is 12.6. The van der Waals surface area contributed by atoms with Crippen LogP contribution < -0.4 is 16.4 Å². The lowest BCUT2D eigenvalue weighted by Gasteiger charge is -2.39. The number of primary amides is 1. The molecule has 0 bridgehead atoms. The quantitative estimate of drug-likeness (QED) is 0.768. The normalized spacial score (nSPS) is 19.2. The van der Waals surface area contributed by atoms with E-state index >= 15 is 0 Å². The van der Waals surface area contributed by atoms with Gasteiger partial charge in [0.25, 0.3) is 5.91 Å². The SMILES string of the molecule is Cl.NC(=O)Nc1cccc(C(=O)N2CCC3(CCNC3)CC2)c1. The molecule has 3 rings (SSSR count). The number of urea groups is 1. The number of nitrogens with one attached hydrogen (secondary N) is 2. The molecule has 1 aromatic rings. The second-order valence-electron chi connectivity index (χ2n) is 6.29. The highest BCUT2D eigenvalue weighted by Gasteiger charge is 2.38. The molecule has 0 radical (unpaired) electrons. The molecular weight excluding hydrogens is 316 g/mol. The van der Waals surface area contributed by atoms with Crippen LogP contribution in [0.3, 0.4) is 0 Å². The molecule has 2 aliphatic rings. The molecule has 0 aromatic heterocycles. The molecule has 0 aliphatic carbocycles. The van der Waals surface area contributed by atoms with Crippen LogP contribution in [0.25, 0.3) is 0 Å². The first-order chi connectivity index (χ1) is 10.6. The number of carbonyl (C=O) groups is 2. The highest BCUT2D eigenvalue weighted by Crippen LogP contribution is 2.37. The van der Waals surface area contributed by atoms with Crippen LogP contribution in [0.4, 0.5) is 10.5 Å². The Morgan fingerprint density at radius 2 is 1.96 bits per heavy atom. The first kappa shape index (κ1) is 17.6. The third kappa shape index (κ3) is 3.95. The van der Waals surface area contributed by atoms with Crippen molar-refractivity contribution < 1.29 is 9.59 Å². The number of likely N-dealkylation sites (tertiary alicyclic amines) is 1. The second-order valence-corrected chi connectivity index (χ2v) is 6.29. The Labute approximate surface area is 142 Å². The zero-order valence-corrected chi connectivity index (χ0v) is 13.8. The van der Waals surface area contributed by atoms with E-state index in [1.165, 1.54) is 6.42 Å². The van der Waals surface area contributed by atoms with Gasteiger partial charge in [-0.15, -0.1) is 12.4 Å². The summed E-state index contributed by atoms with van der Waals surface area (Å²) < 4.78 is 0. The van der Waals surface area contributed by atoms with Crippen molar-refractivity contribution in [1.82, 2.24) is 10.2 Å². The van der Waals surface area contributed by atoms with Gasteiger partial charge in [-0.3, -0.25) is 4.79 Å². The van der Waals surface area contributed by atoms with Crippen molar-refractivity contribution in [3.8, 4) is 0 Å². The van der Waals surface area contributed by atoms with Gasteiger partial charge in [-0.25, -0.2) is 4.79 Å². The standard InChI is InChI=1S/C16H22N4O2.ClH/c17-15(22)19-13-3-1-2-12(10-13)14(21)20-8-5-16(6-9-20)4-7-18-11-16;/h1-3,10,18H,4-9,11H2,(H3,17,19,22);1H. The minimum Gasteiger partial charge on any atom is -0.351 e. The average molecular weight is 339 g/mol. The molecule has 0 unspecified atom stereocenters. The molecule has 2 aliphatic heterocycles. The van der Waals surface area contributed by atoms with Gasteiger partial charge < -0.3 is 21.3 Å². The number of anilines is 1. The third-order valence-electron chi connectivity index (χ3n) is 4.82. The smallest absolute Gasteiger partial charge is 0.316 e. The Kier molecular flexibility index (Phi) is 5.49. The van der Waals surface area contributed by atoms with E-state index in [1.54, 1.807) is 24.3 Å². The molecule has 1 aromatic carbocycles. The molecule has 1 spiro atoms. The number of amides is 3. The molecule has 2 heterocycles. The van der Waals surface area contributed by atoms with E-state index in [0.29, 0.717) is 16.7 Å². The number of halogens is 1. The summed E-state index contributed by atoms with van der Waals surface area (Å²) in [6.07, 6.45) is 3.34. The number of piperidine rings is 1. The van der Waals surface area contributed by atoms with Gasteiger partial charge in [0.2, 0.25) is 0 Å². The molecule has 0 saturated carbocycles. The Bertz CT molecular complexity index is 577. The molecule has 126 valence electrons. The summed E-state index contributed by atoms with van der Waals surface area (Å²) in [4.78, 5) is 25.4. The Morgan fingerprint density at radius 3 is 2.57 bits per heavy atom. The van der Waals surface area contributed by atoms with Gasteiger partial charge >= 0.3 is 6.03 Å². The van der Waals surface area contributed by atoms with Gasteiger partial charge in [0.05, 0.1) is 0 Å². The van der Waals surface area contributed by atoms with Crippen molar-refractivity contribution in [2.75, 3.05) is 31.5 Å². The molecule has 3 amide bonds. The first-order valence-electron chi connectivity index (χ1n) is 7.75. The van der Waals surface area contributed by atoms with Crippen LogP contribution in [0.15, 0.2) is 24.3 Å². The number of nitrogens with zero attached hydrogens (tertiary/aromatic N) is 1. The Balaban J connectivity index is 0.00000192. The zero-order chi connectivity index (χ0) is 15.6. The fourth-order valence-electron chi connectivity index (χ4n) is 3.46. The first-order valence-corrected chi connectivity index (χ1v) is 7.75. The van der Waals surface area contributed by atoms with Crippen molar-refractivity contribution >= 4 is 30.0 Å². The van der Waals surface area contributed by atoms with Crippen LogP contribution in [-0.2, 0) is 0 Å². The van der Waals surface area contributed by atoms with Gasteiger partial charge in [0, 0.05) is 30.9 Å². The fourth-order valence-corrected chi connectivity index (χ4v) is 3.46. The maximum Gasteiger partial charge on any atom is 0.316 e. The zero-order valence-electron chi connectivity index (χ0n) is 13.0. The van der Waals surface area contributed by atoms with Crippen molar-refractivity contribution in [2.24, 2.45) is 11.1 Å². The molecular formula is C16H23ClN4O2. The van der Waals surface area contributed by atoms with E-state index in [4.69, 9.17) is 5.73 Å². The van der Waals surface area contributed by atoms with E-state index < -0.39 is 6.03 Å². The van der Waals surface area contributed by atoms with Gasteiger partial charge in [-0.2, -0.15) is 0 Å². The monoisotopic (exact) mass is 338 g/mol. The summed E-state index contributed by atoms with van der Waals surface area (Å²) in [5.74, 6) is 0.0222. The fraction of sp³-hybridized carbons (Fsp3) is 0.500. The number of carbonyl (C=O) groups excluding carboxylic acids is 2. The largest absolute Gasteiger partial charge is 0.351 e. The maximum absolute atomic E-state index is 12.6. The van der Waals surface area contributed by atoms with Gasteiger partial charge in [0.15, 0.2) is 0 Å². The number of benzene rings is 1. The van der Waals surface area contributed by atoms with E-state index in [-0.39, 0.29) is 18.3 Å². The van der Waals surface area contributed by atoms with Crippen molar-refractivity contribution in [2.45, 2.75) is 19.3 Å². The highest BCUT2D eigenvalue weighted by atomic mass is 35.5. The molecule has 2 saturated heterocycles. The third-order valence-corrected chi connectivity index (χ3v) is 4.82. The Hall–Kier alpha value is -1.79. The van der Waals surface area contributed by atoms with Crippen molar-refractivity contribution in [3.05, 3.63) is 29.8 Å². The van der Waals surface area contributed by atoms with E-state index in [9.17, 15) is 9.59 Å². The van der Waals surface area contributed by atoms with Gasteiger partial charge in [0.1, 0.15) is 0 Å². The predicted octanol–water partition coefficient (Wildman–Crippen LogP) is 1.81. The summed E-state index contributed by atoms with van der Waals surface area (Å²) in [6.45, 7) is 3.77. The molecule has 7 heteroatoms. The predicted molar refractivity (Wildman–Crippen MR) is 92.0 cm³/mol. The minimum absolute atomic E-state index is 0. The molecule has 4 N–H and O–H groups in total. The van der Waals surface area contributed by atoms with E-state index in [1.807, 2.05) is 4.90 Å². The van der Waals surface area contributed by atoms with Crippen LogP contribution in [0.2, 0.25) is 0 Å². The molecule has 2 fully saturated rings. The van der Waals surface area contributed by atoms with Crippen LogP contribution in [0, 0.1) is 5.41 Å². The number of nitrogens with two attached hydrogens (primary N) is 1. The van der Waals surface area contributed by atoms with Gasteiger partial charge in [-0.1, -0.05) is 6.07 Å². The van der Waals surface area contributed by atoms with Crippen molar-refractivity contribution in [3.63, 3.8) is 0 Å². The summed E-state index contributed by atoms with van der Waals surface area (Å²) in [5.41, 5.74) is 6.64. The molecule has 0 atom stereocenters. The number of hydrogen-bond acceptors (Lipinski definition) is 3. The lowest BCUT2D eigenvalue weighted by atomic mass is 9.78. The lowest BCUT2D eigenvalue weighted by Crippen LogP contribution is -2.44. The van der Waals surface area contributed by atoms with Crippen molar-refractivity contribution in [1.29, 1.82) is 0 Å². The lowest BCUT2D eigenvalue weighted by molar-refractivity contribution is 0.0607. The van der Waals surface area contributed by atoms with Crippen LogP contribution in [0.1, 0.15) is 29.6 Å². The summed E-state index contributed by atoms with van der Waals surface area (Å²) in [7, 11) is 0. The van der Waals surface area contributed by atoms with Crippen LogP contribution in [-0.4, -0.2) is 43.0 Å². The summed E-state index contributed by atoms with van der Waals surface area (Å²) in [6, 6.07) is 6.30. The second kappa shape index (κ2) is 7.19. The molecule has 23 heavy (non-hydrogen) atoms.